The van der Waals surface area contributed by atoms with Crippen molar-refractivity contribution < 1.29 is 38.0 Å². The second-order valence-electron chi connectivity index (χ2n) is 8.50. The van der Waals surface area contributed by atoms with E-state index in [4.69, 9.17) is 28.4 Å². The highest BCUT2D eigenvalue weighted by molar-refractivity contribution is 7.99. The number of hydrogen-bond acceptors (Lipinski definition) is 9. The molecule has 3 aromatic rings. The van der Waals surface area contributed by atoms with Gasteiger partial charge in [0.1, 0.15) is 6.61 Å². The number of ether oxygens (including phenoxy) is 6. The smallest absolute Gasteiger partial charge is 0.311 e. The van der Waals surface area contributed by atoms with Gasteiger partial charge in [-0.25, -0.2) is 0 Å². The van der Waals surface area contributed by atoms with Gasteiger partial charge in [-0.2, -0.15) is 0 Å². The van der Waals surface area contributed by atoms with Crippen molar-refractivity contribution in [1.29, 1.82) is 0 Å². The van der Waals surface area contributed by atoms with Gasteiger partial charge in [-0.3, -0.25) is 9.59 Å². The van der Waals surface area contributed by atoms with Gasteiger partial charge in [0.25, 0.3) is 0 Å². The summed E-state index contributed by atoms with van der Waals surface area (Å²) in [6.45, 7) is 0.102. The van der Waals surface area contributed by atoms with Crippen molar-refractivity contribution in [3.63, 3.8) is 0 Å². The third kappa shape index (κ3) is 4.79. The zero-order valence-corrected chi connectivity index (χ0v) is 21.4. The molecule has 1 saturated heterocycles. The Labute approximate surface area is 218 Å². The fourth-order valence-corrected chi connectivity index (χ4v) is 5.96. The fraction of sp³-hybridized carbons (Fsp3) is 0.286. The van der Waals surface area contributed by atoms with Crippen molar-refractivity contribution in [1.82, 2.24) is 0 Å². The van der Waals surface area contributed by atoms with Crippen molar-refractivity contribution in [2.45, 2.75) is 10.1 Å². The minimum Gasteiger partial charge on any atom is -0.493 e. The van der Waals surface area contributed by atoms with Crippen LogP contribution in [0.15, 0.2) is 65.6 Å². The molecule has 2 aliphatic heterocycles. The lowest BCUT2D eigenvalue weighted by atomic mass is 9.83. The van der Waals surface area contributed by atoms with Gasteiger partial charge in [-0.05, 0) is 48.0 Å². The third-order valence-corrected chi connectivity index (χ3v) is 7.82. The minimum absolute atomic E-state index is 0.00690. The highest BCUT2D eigenvalue weighted by Crippen LogP contribution is 2.50. The number of Topliss-reactive ketones (excluding diaryl/α,β-unsaturated/α-hetero) is 1. The van der Waals surface area contributed by atoms with E-state index in [0.717, 1.165) is 10.5 Å². The summed E-state index contributed by atoms with van der Waals surface area (Å²) >= 11 is 1.48. The van der Waals surface area contributed by atoms with Crippen LogP contribution in [0.5, 0.6) is 28.7 Å². The molecule has 0 aromatic heterocycles. The van der Waals surface area contributed by atoms with Gasteiger partial charge in [0.15, 0.2) is 28.8 Å². The summed E-state index contributed by atoms with van der Waals surface area (Å²) in [5, 5.41) is -0.478. The first-order valence-electron chi connectivity index (χ1n) is 11.7. The predicted octanol–water partition coefficient (Wildman–Crippen LogP) is 4.95. The molecule has 0 aliphatic carbocycles. The van der Waals surface area contributed by atoms with E-state index in [9.17, 15) is 9.59 Å². The Hall–Kier alpha value is -3.85. The van der Waals surface area contributed by atoms with E-state index in [1.165, 1.54) is 33.1 Å². The topological polar surface area (TPSA) is 89.5 Å². The van der Waals surface area contributed by atoms with Crippen LogP contribution >= 0.6 is 11.8 Å². The highest BCUT2D eigenvalue weighted by Gasteiger charge is 2.47. The van der Waals surface area contributed by atoms with Crippen LogP contribution in [0.3, 0.4) is 0 Å². The van der Waals surface area contributed by atoms with Gasteiger partial charge in [0.2, 0.25) is 12.5 Å². The second-order valence-corrected chi connectivity index (χ2v) is 9.72. The number of benzene rings is 3. The van der Waals surface area contributed by atoms with E-state index in [2.05, 4.69) is 0 Å². The van der Waals surface area contributed by atoms with Crippen LogP contribution in [0, 0.1) is 11.8 Å². The number of carbonyl (C=O) groups excluding carboxylic acids is 2. The molecule has 0 amide bonds. The molecule has 0 radical (unpaired) electrons. The van der Waals surface area contributed by atoms with E-state index in [0.29, 0.717) is 34.3 Å². The predicted molar refractivity (Wildman–Crippen MR) is 136 cm³/mol. The van der Waals surface area contributed by atoms with Crippen LogP contribution < -0.4 is 23.7 Å². The molecule has 0 spiro atoms. The number of hydrogen-bond donors (Lipinski definition) is 0. The summed E-state index contributed by atoms with van der Waals surface area (Å²) in [5.74, 6) is 0.371. The number of carbonyl (C=O) groups is 2. The van der Waals surface area contributed by atoms with Crippen LogP contribution in [-0.4, -0.2) is 46.5 Å². The van der Waals surface area contributed by atoms with Crippen molar-refractivity contribution in [2.75, 3.05) is 34.7 Å². The zero-order chi connectivity index (χ0) is 25.9. The molecule has 2 heterocycles. The molecular weight excluding hydrogens is 496 g/mol. The second kappa shape index (κ2) is 10.6. The standard InChI is InChI=1S/C28H26O8S/c1-31-22-12-17(13-23(32-2)26(22)33-3)27(37-18-7-5-4-6-8-18)24-19(14-34-28(24)30)25(29)16-9-10-20-21(11-16)36-15-35-20/h4-13,19,24,27H,14-15H2,1-3H3. The number of cyclic esters (lactones) is 1. The molecule has 0 N–H and O–H groups in total. The van der Waals surface area contributed by atoms with E-state index in [1.54, 1.807) is 18.2 Å². The maximum Gasteiger partial charge on any atom is 0.311 e. The highest BCUT2D eigenvalue weighted by atomic mass is 32.2. The number of rotatable bonds is 9. The third-order valence-electron chi connectivity index (χ3n) is 6.45. The van der Waals surface area contributed by atoms with E-state index in [1.807, 2.05) is 42.5 Å². The van der Waals surface area contributed by atoms with Gasteiger partial charge >= 0.3 is 5.97 Å². The van der Waals surface area contributed by atoms with Crippen LogP contribution in [0.4, 0.5) is 0 Å². The molecule has 0 bridgehead atoms. The fourth-order valence-electron chi connectivity index (χ4n) is 4.63. The molecule has 0 saturated carbocycles. The Kier molecular flexibility index (Phi) is 7.14. The maximum atomic E-state index is 13.7. The van der Waals surface area contributed by atoms with Crippen LogP contribution in [0.2, 0.25) is 0 Å². The summed E-state index contributed by atoms with van der Waals surface area (Å²) in [7, 11) is 4.61. The van der Waals surface area contributed by atoms with Crippen LogP contribution in [-0.2, 0) is 9.53 Å². The average molecular weight is 523 g/mol. The van der Waals surface area contributed by atoms with Crippen LogP contribution in [0.1, 0.15) is 21.2 Å². The molecule has 5 rings (SSSR count). The molecule has 2 aliphatic rings. The molecule has 3 aromatic carbocycles. The van der Waals surface area contributed by atoms with Gasteiger partial charge < -0.3 is 28.4 Å². The normalized spacial score (nSPS) is 18.7. The van der Waals surface area contributed by atoms with Gasteiger partial charge in [0, 0.05) is 15.7 Å². The maximum absolute atomic E-state index is 13.7. The zero-order valence-electron chi connectivity index (χ0n) is 20.6. The Balaban J connectivity index is 1.57. The van der Waals surface area contributed by atoms with Gasteiger partial charge in [-0.1, -0.05) is 18.2 Å². The van der Waals surface area contributed by atoms with Crippen molar-refractivity contribution in [3.8, 4) is 28.7 Å². The molecule has 37 heavy (non-hydrogen) atoms. The number of fused-ring (bicyclic) bond motifs is 1. The quantitative estimate of drug-likeness (QED) is 0.220. The molecule has 1 fully saturated rings. The first-order chi connectivity index (χ1) is 18.0. The Morgan fingerprint density at radius 1 is 0.892 bits per heavy atom. The van der Waals surface area contributed by atoms with E-state index in [-0.39, 0.29) is 19.2 Å². The van der Waals surface area contributed by atoms with Crippen molar-refractivity contribution in [3.05, 3.63) is 71.8 Å². The first kappa shape index (κ1) is 24.8. The Bertz CT molecular complexity index is 1280. The van der Waals surface area contributed by atoms with Crippen molar-refractivity contribution >= 4 is 23.5 Å². The summed E-state index contributed by atoms with van der Waals surface area (Å²) in [5.41, 5.74) is 1.18. The lowest BCUT2D eigenvalue weighted by Crippen LogP contribution is -2.28. The first-order valence-corrected chi connectivity index (χ1v) is 12.5. The number of ketones is 1. The summed E-state index contributed by atoms with van der Waals surface area (Å²) in [6, 6.07) is 18.4. The molecular formula is C28H26O8S. The largest absolute Gasteiger partial charge is 0.493 e. The molecule has 192 valence electrons. The van der Waals surface area contributed by atoms with Gasteiger partial charge in [-0.15, -0.1) is 11.8 Å². The van der Waals surface area contributed by atoms with Crippen molar-refractivity contribution in [2.24, 2.45) is 11.8 Å². The number of thioether (sulfide) groups is 1. The molecule has 8 nitrogen and oxygen atoms in total. The lowest BCUT2D eigenvalue weighted by molar-refractivity contribution is -0.141. The van der Waals surface area contributed by atoms with Crippen LogP contribution in [0.25, 0.3) is 0 Å². The van der Waals surface area contributed by atoms with Gasteiger partial charge in [0.05, 0.1) is 33.2 Å². The Morgan fingerprint density at radius 2 is 1.59 bits per heavy atom. The Morgan fingerprint density at radius 3 is 2.27 bits per heavy atom. The monoisotopic (exact) mass is 522 g/mol. The summed E-state index contributed by atoms with van der Waals surface area (Å²) in [4.78, 5) is 27.9. The molecule has 3 atom stereocenters. The van der Waals surface area contributed by atoms with E-state index < -0.39 is 23.1 Å². The summed E-state index contributed by atoms with van der Waals surface area (Å²) in [6.07, 6.45) is 0. The lowest BCUT2D eigenvalue weighted by Gasteiger charge is -2.26. The molecule has 9 heteroatoms. The molecule has 3 unspecified atom stereocenters. The number of esters is 1. The summed E-state index contributed by atoms with van der Waals surface area (Å²) < 4.78 is 33.0. The minimum atomic E-state index is -0.758. The van der Waals surface area contributed by atoms with E-state index >= 15 is 0 Å². The SMILES string of the molecule is COc1cc(C(Sc2ccccc2)C2C(=O)OCC2C(=O)c2ccc3c(c2)OCO3)cc(OC)c1OC. The number of methoxy groups -OCH3 is 3. The average Bonchev–Trinajstić information content (AvgIpc) is 3.57.